The Morgan fingerprint density at radius 3 is 1.77 bits per heavy atom. The fourth-order valence-corrected chi connectivity index (χ4v) is 2.59. The summed E-state index contributed by atoms with van der Waals surface area (Å²) < 4.78 is 0. The first kappa shape index (κ1) is 16.7. The van der Waals surface area contributed by atoms with Gasteiger partial charge < -0.3 is 5.32 Å². The first-order valence-corrected chi connectivity index (χ1v) is 8.27. The molecule has 0 fully saturated rings. The summed E-state index contributed by atoms with van der Waals surface area (Å²) in [5.41, 5.74) is 2.77. The molecule has 2 aromatic carbocycles. The molecule has 0 bridgehead atoms. The number of benzene rings is 2. The van der Waals surface area contributed by atoms with E-state index in [4.69, 9.17) is 0 Å². The molecule has 0 unspecified atom stereocenters. The van der Waals surface area contributed by atoms with Gasteiger partial charge in [-0.2, -0.15) is 0 Å². The number of rotatable bonds is 9. The van der Waals surface area contributed by atoms with Crippen molar-refractivity contribution < 1.29 is 0 Å². The van der Waals surface area contributed by atoms with E-state index in [9.17, 15) is 0 Å². The number of hydrogen-bond acceptors (Lipinski definition) is 2. The molecule has 0 radical (unpaired) electrons. The first-order valence-electron chi connectivity index (χ1n) is 8.27. The lowest BCUT2D eigenvalue weighted by Gasteiger charge is -2.23. The lowest BCUT2D eigenvalue weighted by atomic mass is 10.1. The normalized spacial score (nSPS) is 11.3. The monoisotopic (exact) mass is 296 g/mol. The van der Waals surface area contributed by atoms with Crippen LogP contribution in [-0.4, -0.2) is 24.0 Å². The predicted molar refractivity (Wildman–Crippen MR) is 94.8 cm³/mol. The van der Waals surface area contributed by atoms with Gasteiger partial charge in [0.1, 0.15) is 0 Å². The van der Waals surface area contributed by atoms with Crippen LogP contribution in [0.3, 0.4) is 0 Å². The van der Waals surface area contributed by atoms with Gasteiger partial charge in [0.05, 0.1) is 0 Å². The Morgan fingerprint density at radius 2 is 1.32 bits per heavy atom. The van der Waals surface area contributed by atoms with Crippen LogP contribution in [0.2, 0.25) is 0 Å². The van der Waals surface area contributed by atoms with Crippen LogP contribution in [0.4, 0.5) is 0 Å². The molecule has 118 valence electrons. The van der Waals surface area contributed by atoms with Gasteiger partial charge in [-0.05, 0) is 24.1 Å². The van der Waals surface area contributed by atoms with Crippen molar-refractivity contribution in [3.8, 4) is 0 Å². The second-order valence-electron chi connectivity index (χ2n) is 6.14. The number of hydrogen-bond donors (Lipinski definition) is 1. The minimum Gasteiger partial charge on any atom is -0.314 e. The lowest BCUT2D eigenvalue weighted by molar-refractivity contribution is 0.251. The molecule has 22 heavy (non-hydrogen) atoms. The van der Waals surface area contributed by atoms with Crippen LogP contribution in [0.5, 0.6) is 0 Å². The van der Waals surface area contributed by atoms with Crippen molar-refractivity contribution in [1.82, 2.24) is 10.2 Å². The zero-order chi connectivity index (χ0) is 15.6. The van der Waals surface area contributed by atoms with Crippen molar-refractivity contribution >= 4 is 0 Å². The van der Waals surface area contributed by atoms with Crippen molar-refractivity contribution in [2.24, 2.45) is 0 Å². The topological polar surface area (TPSA) is 15.3 Å². The summed E-state index contributed by atoms with van der Waals surface area (Å²) in [4.78, 5) is 2.53. The van der Waals surface area contributed by atoms with Gasteiger partial charge in [0.25, 0.3) is 0 Å². The van der Waals surface area contributed by atoms with E-state index in [1.165, 1.54) is 17.5 Å². The molecule has 2 nitrogen and oxygen atoms in total. The number of nitrogens with zero attached hydrogens (tertiary/aromatic N) is 1. The third-order valence-corrected chi connectivity index (χ3v) is 3.70. The third-order valence-electron chi connectivity index (χ3n) is 3.70. The van der Waals surface area contributed by atoms with Gasteiger partial charge in [0.15, 0.2) is 0 Å². The Bertz CT molecular complexity index is 466. The lowest BCUT2D eigenvalue weighted by Crippen LogP contribution is -2.29. The van der Waals surface area contributed by atoms with Crippen LogP contribution < -0.4 is 5.32 Å². The SMILES string of the molecule is CC(C)NCCCN(Cc1ccccc1)Cc1ccccc1. The smallest absolute Gasteiger partial charge is 0.0237 e. The molecule has 0 aliphatic rings. The molecule has 0 spiro atoms. The Morgan fingerprint density at radius 1 is 0.818 bits per heavy atom. The quantitative estimate of drug-likeness (QED) is 0.702. The summed E-state index contributed by atoms with van der Waals surface area (Å²) in [6.45, 7) is 8.62. The maximum absolute atomic E-state index is 3.50. The van der Waals surface area contributed by atoms with Gasteiger partial charge in [-0.1, -0.05) is 74.5 Å². The second kappa shape index (κ2) is 9.39. The van der Waals surface area contributed by atoms with Crippen molar-refractivity contribution in [3.63, 3.8) is 0 Å². The predicted octanol–water partition coefficient (Wildman–Crippen LogP) is 4.08. The molecular formula is C20H28N2. The molecule has 0 atom stereocenters. The van der Waals surface area contributed by atoms with Crippen LogP contribution in [-0.2, 0) is 13.1 Å². The molecule has 0 aliphatic heterocycles. The summed E-state index contributed by atoms with van der Waals surface area (Å²) in [7, 11) is 0. The second-order valence-corrected chi connectivity index (χ2v) is 6.14. The van der Waals surface area contributed by atoms with Crippen molar-refractivity contribution in [1.29, 1.82) is 0 Å². The summed E-state index contributed by atoms with van der Waals surface area (Å²) in [5.74, 6) is 0. The van der Waals surface area contributed by atoms with E-state index in [-0.39, 0.29) is 0 Å². The van der Waals surface area contributed by atoms with Gasteiger partial charge >= 0.3 is 0 Å². The minimum absolute atomic E-state index is 0.566. The minimum atomic E-state index is 0.566. The average Bonchev–Trinajstić information content (AvgIpc) is 2.53. The Hall–Kier alpha value is -1.64. The van der Waals surface area contributed by atoms with E-state index in [2.05, 4.69) is 84.7 Å². The van der Waals surface area contributed by atoms with Crippen molar-refractivity contribution in [2.45, 2.75) is 39.4 Å². The van der Waals surface area contributed by atoms with Gasteiger partial charge in [-0.15, -0.1) is 0 Å². The fraction of sp³-hybridized carbons (Fsp3) is 0.400. The molecule has 2 heteroatoms. The molecule has 0 aromatic heterocycles. The van der Waals surface area contributed by atoms with Crippen LogP contribution in [0.1, 0.15) is 31.4 Å². The highest BCUT2D eigenvalue weighted by Gasteiger charge is 2.07. The fourth-order valence-electron chi connectivity index (χ4n) is 2.59. The third kappa shape index (κ3) is 6.42. The molecule has 0 aliphatic carbocycles. The van der Waals surface area contributed by atoms with Crippen LogP contribution in [0, 0.1) is 0 Å². The summed E-state index contributed by atoms with van der Waals surface area (Å²) in [5, 5.41) is 3.50. The summed E-state index contributed by atoms with van der Waals surface area (Å²) >= 11 is 0. The van der Waals surface area contributed by atoms with E-state index in [1.807, 2.05) is 0 Å². The molecule has 2 aromatic rings. The van der Waals surface area contributed by atoms with Gasteiger partial charge in [-0.25, -0.2) is 0 Å². The van der Waals surface area contributed by atoms with Crippen LogP contribution in [0.25, 0.3) is 0 Å². The van der Waals surface area contributed by atoms with E-state index in [0.717, 1.165) is 26.2 Å². The molecule has 0 heterocycles. The molecule has 0 saturated carbocycles. The van der Waals surface area contributed by atoms with E-state index >= 15 is 0 Å². The van der Waals surface area contributed by atoms with E-state index in [1.54, 1.807) is 0 Å². The number of nitrogens with one attached hydrogen (secondary N) is 1. The maximum atomic E-state index is 3.50. The van der Waals surface area contributed by atoms with Crippen molar-refractivity contribution in [2.75, 3.05) is 13.1 Å². The Labute approximate surface area is 135 Å². The molecule has 0 amide bonds. The largest absolute Gasteiger partial charge is 0.314 e. The maximum Gasteiger partial charge on any atom is 0.0237 e. The molecule has 1 N–H and O–H groups in total. The highest BCUT2D eigenvalue weighted by Crippen LogP contribution is 2.10. The zero-order valence-electron chi connectivity index (χ0n) is 13.8. The van der Waals surface area contributed by atoms with Crippen LogP contribution in [0.15, 0.2) is 60.7 Å². The zero-order valence-corrected chi connectivity index (χ0v) is 13.8. The molecule has 0 saturated heterocycles. The highest BCUT2D eigenvalue weighted by molar-refractivity contribution is 5.17. The molecular weight excluding hydrogens is 268 g/mol. The standard InChI is InChI=1S/C20H28N2/c1-18(2)21-14-9-15-22(16-19-10-5-3-6-11-19)17-20-12-7-4-8-13-20/h3-8,10-13,18,21H,9,14-17H2,1-2H3. The molecule has 2 rings (SSSR count). The summed E-state index contributed by atoms with van der Waals surface area (Å²) in [6, 6.07) is 22.1. The first-order chi connectivity index (χ1) is 10.7. The van der Waals surface area contributed by atoms with Crippen molar-refractivity contribution in [3.05, 3.63) is 71.8 Å². The van der Waals surface area contributed by atoms with Gasteiger partial charge in [0, 0.05) is 25.7 Å². The van der Waals surface area contributed by atoms with Gasteiger partial charge in [-0.3, -0.25) is 4.90 Å². The Balaban J connectivity index is 1.91. The van der Waals surface area contributed by atoms with Gasteiger partial charge in [0.2, 0.25) is 0 Å². The summed E-state index contributed by atoms with van der Waals surface area (Å²) in [6.07, 6.45) is 1.18. The van der Waals surface area contributed by atoms with E-state index < -0.39 is 0 Å². The highest BCUT2D eigenvalue weighted by atomic mass is 15.1. The average molecular weight is 296 g/mol. The van der Waals surface area contributed by atoms with E-state index in [0.29, 0.717) is 6.04 Å². The van der Waals surface area contributed by atoms with Crippen LogP contribution >= 0.6 is 0 Å². The Kier molecular flexibility index (Phi) is 7.14.